The number of hydrogen-bond donors (Lipinski definition) is 2. The molecule has 1 atom stereocenters. The highest BCUT2D eigenvalue weighted by Gasteiger charge is 2.16. The summed E-state index contributed by atoms with van der Waals surface area (Å²) in [6.45, 7) is 10.4. The van der Waals surface area contributed by atoms with E-state index < -0.39 is 23.4 Å². The molecule has 0 aliphatic rings. The van der Waals surface area contributed by atoms with Gasteiger partial charge < -0.3 is 10.4 Å². The Balaban J connectivity index is 0.00000212. The van der Waals surface area contributed by atoms with Gasteiger partial charge in [-0.25, -0.2) is 13.2 Å². The van der Waals surface area contributed by atoms with Crippen LogP contribution in [0.15, 0.2) is 35.2 Å². The Morgan fingerprint density at radius 1 is 1.10 bits per heavy atom. The zero-order chi connectivity index (χ0) is 24.1. The predicted octanol–water partition coefficient (Wildman–Crippen LogP) is 7.56. The van der Waals surface area contributed by atoms with Crippen molar-refractivity contribution < 1.29 is 23.1 Å². The molecule has 31 heavy (non-hydrogen) atoms. The topological polar surface area (TPSA) is 49.3 Å². The number of rotatable bonds is 7. The van der Waals surface area contributed by atoms with Gasteiger partial charge in [0.1, 0.15) is 0 Å². The molecule has 0 fully saturated rings. The van der Waals surface area contributed by atoms with E-state index in [0.29, 0.717) is 21.8 Å². The number of aliphatic hydroxyl groups excluding tert-OH is 1. The van der Waals surface area contributed by atoms with Gasteiger partial charge in [-0.2, -0.15) is 0 Å². The van der Waals surface area contributed by atoms with Gasteiger partial charge in [0.15, 0.2) is 17.5 Å². The van der Waals surface area contributed by atoms with E-state index in [2.05, 4.69) is 26.1 Å². The number of anilines is 1. The fourth-order valence-electron chi connectivity index (χ4n) is 2.57. The molecule has 0 aliphatic heterocycles. The Morgan fingerprint density at radius 2 is 1.65 bits per heavy atom. The average Bonchev–Trinajstić information content (AvgIpc) is 2.75. The standard InChI is InChI=1S/C20H21ClF3NOS.C2H6.CH4O/c1-4-14(7-11(2)3)27-18-8-12(5-6-15(18)21)20(26)25-13-9-16(22)19(24)17(23)10-13;2*1-2/h5-6,8-11,14H,4,7H2,1-3H3,(H,25,26);1-2H3;2H,1H3. The lowest BCUT2D eigenvalue weighted by Gasteiger charge is -2.18. The minimum Gasteiger partial charge on any atom is -0.400 e. The van der Waals surface area contributed by atoms with E-state index in [1.165, 1.54) is 6.07 Å². The number of benzene rings is 2. The van der Waals surface area contributed by atoms with E-state index in [1.807, 2.05) is 13.8 Å². The van der Waals surface area contributed by atoms with Crippen LogP contribution in [0.1, 0.15) is 57.8 Å². The monoisotopic (exact) mass is 477 g/mol. The number of carbonyl (C=O) groups excluding carboxylic acids is 1. The first-order chi connectivity index (χ1) is 14.7. The fourth-order valence-corrected chi connectivity index (χ4v) is 4.20. The molecule has 2 aromatic rings. The van der Waals surface area contributed by atoms with Gasteiger partial charge in [0.2, 0.25) is 0 Å². The molecule has 3 nitrogen and oxygen atoms in total. The molecule has 0 aromatic heterocycles. The maximum Gasteiger partial charge on any atom is 0.255 e. The zero-order valence-corrected chi connectivity index (χ0v) is 20.3. The van der Waals surface area contributed by atoms with Gasteiger partial charge in [0.25, 0.3) is 5.91 Å². The lowest BCUT2D eigenvalue weighted by atomic mass is 10.1. The van der Waals surface area contributed by atoms with E-state index in [-0.39, 0.29) is 5.69 Å². The van der Waals surface area contributed by atoms with Crippen molar-refractivity contribution in [2.24, 2.45) is 5.92 Å². The maximum absolute atomic E-state index is 13.3. The highest BCUT2D eigenvalue weighted by Crippen LogP contribution is 2.35. The van der Waals surface area contributed by atoms with Crippen LogP contribution in [0.3, 0.4) is 0 Å². The fraction of sp³-hybridized carbons (Fsp3) is 0.435. The summed E-state index contributed by atoms with van der Waals surface area (Å²) in [5.74, 6) is -4.32. The molecule has 0 bridgehead atoms. The van der Waals surface area contributed by atoms with Crippen LogP contribution >= 0.6 is 23.4 Å². The first kappa shape index (κ1) is 29.3. The molecular formula is C23H31ClF3NO2S. The quantitative estimate of drug-likeness (QED) is 0.319. The highest BCUT2D eigenvalue weighted by molar-refractivity contribution is 8.00. The molecule has 1 amide bonds. The largest absolute Gasteiger partial charge is 0.400 e. The van der Waals surface area contributed by atoms with Crippen LogP contribution in [0.2, 0.25) is 5.02 Å². The van der Waals surface area contributed by atoms with Crippen molar-refractivity contribution in [2.45, 2.75) is 57.6 Å². The Bertz CT molecular complexity index is 811. The molecule has 2 aromatic carbocycles. The van der Waals surface area contributed by atoms with Gasteiger partial charge in [0.05, 0.1) is 5.02 Å². The SMILES string of the molecule is CC.CCC(CC(C)C)Sc1cc(C(=O)Nc2cc(F)c(F)c(F)c2)ccc1Cl.CO. The van der Waals surface area contributed by atoms with Crippen LogP contribution in [0.4, 0.5) is 18.9 Å². The number of thioether (sulfide) groups is 1. The van der Waals surface area contributed by atoms with Crippen molar-refractivity contribution >= 4 is 35.0 Å². The first-order valence-corrected chi connectivity index (χ1v) is 11.3. The average molecular weight is 478 g/mol. The molecule has 0 radical (unpaired) electrons. The summed E-state index contributed by atoms with van der Waals surface area (Å²) in [5, 5.41) is 10.3. The van der Waals surface area contributed by atoms with Gasteiger partial charge >= 0.3 is 0 Å². The molecule has 2 N–H and O–H groups in total. The van der Waals surface area contributed by atoms with Crippen molar-refractivity contribution in [3.05, 3.63) is 58.4 Å². The van der Waals surface area contributed by atoms with E-state index in [4.69, 9.17) is 16.7 Å². The lowest BCUT2D eigenvalue weighted by Crippen LogP contribution is -2.13. The number of amides is 1. The minimum atomic E-state index is -1.58. The van der Waals surface area contributed by atoms with E-state index in [9.17, 15) is 18.0 Å². The molecule has 0 spiro atoms. The summed E-state index contributed by atoms with van der Waals surface area (Å²) in [5.41, 5.74) is 0.137. The summed E-state index contributed by atoms with van der Waals surface area (Å²) >= 11 is 7.87. The third-order valence-corrected chi connectivity index (χ3v) is 5.81. The van der Waals surface area contributed by atoms with Gasteiger partial charge in [0, 0.05) is 40.6 Å². The Kier molecular flexibility index (Phi) is 14.3. The molecule has 8 heteroatoms. The van der Waals surface area contributed by atoms with Crippen molar-refractivity contribution in [2.75, 3.05) is 12.4 Å². The molecule has 174 valence electrons. The van der Waals surface area contributed by atoms with Crippen LogP contribution in [0, 0.1) is 23.4 Å². The Hall–Kier alpha value is -1.70. The van der Waals surface area contributed by atoms with Gasteiger partial charge in [-0.15, -0.1) is 11.8 Å². The van der Waals surface area contributed by atoms with Gasteiger partial charge in [-0.05, 0) is 37.0 Å². The van der Waals surface area contributed by atoms with Crippen molar-refractivity contribution in [1.29, 1.82) is 0 Å². The van der Waals surface area contributed by atoms with Crippen LogP contribution in [0.5, 0.6) is 0 Å². The van der Waals surface area contributed by atoms with Crippen molar-refractivity contribution in [3.63, 3.8) is 0 Å². The first-order valence-electron chi connectivity index (χ1n) is 10.1. The molecular weight excluding hydrogens is 447 g/mol. The van der Waals surface area contributed by atoms with Gasteiger partial charge in [-0.1, -0.05) is 46.2 Å². The highest BCUT2D eigenvalue weighted by atomic mass is 35.5. The number of carbonyl (C=O) groups is 1. The van der Waals surface area contributed by atoms with E-state index >= 15 is 0 Å². The normalized spacial score (nSPS) is 11.1. The van der Waals surface area contributed by atoms with Crippen molar-refractivity contribution in [3.8, 4) is 0 Å². The number of aliphatic hydroxyl groups is 1. The van der Waals surface area contributed by atoms with Crippen LogP contribution < -0.4 is 5.32 Å². The minimum absolute atomic E-state index is 0.160. The van der Waals surface area contributed by atoms with E-state index in [0.717, 1.165) is 37.0 Å². The van der Waals surface area contributed by atoms with Crippen LogP contribution in [-0.2, 0) is 0 Å². The van der Waals surface area contributed by atoms with Gasteiger partial charge in [-0.3, -0.25) is 4.79 Å². The molecule has 0 saturated carbocycles. The third kappa shape index (κ3) is 9.54. The molecule has 0 saturated heterocycles. The summed E-state index contributed by atoms with van der Waals surface area (Å²) in [6, 6.07) is 6.27. The summed E-state index contributed by atoms with van der Waals surface area (Å²) in [4.78, 5) is 13.2. The third-order valence-electron chi connectivity index (χ3n) is 3.92. The smallest absolute Gasteiger partial charge is 0.255 e. The second-order valence-electron chi connectivity index (χ2n) is 6.63. The Morgan fingerprint density at radius 3 is 2.13 bits per heavy atom. The lowest BCUT2D eigenvalue weighted by molar-refractivity contribution is 0.102. The summed E-state index contributed by atoms with van der Waals surface area (Å²) in [6.07, 6.45) is 1.98. The summed E-state index contributed by atoms with van der Waals surface area (Å²) < 4.78 is 39.7. The zero-order valence-electron chi connectivity index (χ0n) is 18.7. The maximum atomic E-state index is 13.3. The van der Waals surface area contributed by atoms with Crippen LogP contribution in [-0.4, -0.2) is 23.4 Å². The second kappa shape index (κ2) is 15.2. The van der Waals surface area contributed by atoms with E-state index in [1.54, 1.807) is 23.9 Å². The molecule has 1 unspecified atom stereocenters. The Labute approximate surface area is 192 Å². The molecule has 0 heterocycles. The summed E-state index contributed by atoms with van der Waals surface area (Å²) in [7, 11) is 1.00. The van der Waals surface area contributed by atoms with Crippen LogP contribution in [0.25, 0.3) is 0 Å². The molecule has 0 aliphatic carbocycles. The molecule has 2 rings (SSSR count). The number of halogens is 4. The van der Waals surface area contributed by atoms with Crippen molar-refractivity contribution in [1.82, 2.24) is 0 Å². The number of nitrogens with one attached hydrogen (secondary N) is 1. The number of hydrogen-bond acceptors (Lipinski definition) is 3. The second-order valence-corrected chi connectivity index (χ2v) is 8.38. The predicted molar refractivity (Wildman–Crippen MR) is 125 cm³/mol.